The zero-order valence-electron chi connectivity index (χ0n) is 6.86. The monoisotopic (exact) mass is 162 g/mol. The van der Waals surface area contributed by atoms with Crippen molar-refractivity contribution in [2.24, 2.45) is 0 Å². The Bertz CT molecular complexity index is 404. The van der Waals surface area contributed by atoms with Crippen molar-refractivity contribution in [3.05, 3.63) is 18.6 Å². The van der Waals surface area contributed by atoms with Crippen LogP contribution < -0.4 is 5.73 Å². The van der Waals surface area contributed by atoms with Crippen LogP contribution in [0.25, 0.3) is 11.0 Å². The van der Waals surface area contributed by atoms with Crippen LogP contribution in [0.15, 0.2) is 18.6 Å². The zero-order valence-corrected chi connectivity index (χ0v) is 6.86. The second kappa shape index (κ2) is 2.48. The summed E-state index contributed by atoms with van der Waals surface area (Å²) < 4.78 is 2.04. The van der Waals surface area contributed by atoms with Crippen LogP contribution in [-0.2, 0) is 6.54 Å². The fourth-order valence-electron chi connectivity index (χ4n) is 1.28. The standard InChI is InChI=1S/C8H10N4/c1-2-12-4-3-6-7(9)10-5-11-8(6)12/h3-5H,2H2,1H3,(H2,9,10,11). The number of nitrogens with two attached hydrogens (primary N) is 1. The highest BCUT2D eigenvalue weighted by atomic mass is 15.0. The summed E-state index contributed by atoms with van der Waals surface area (Å²) in [5.74, 6) is 0.548. The summed E-state index contributed by atoms with van der Waals surface area (Å²) in [6.45, 7) is 2.97. The van der Waals surface area contributed by atoms with Gasteiger partial charge in [-0.3, -0.25) is 0 Å². The van der Waals surface area contributed by atoms with Gasteiger partial charge in [0.25, 0.3) is 0 Å². The Hall–Kier alpha value is -1.58. The van der Waals surface area contributed by atoms with Gasteiger partial charge in [-0.15, -0.1) is 0 Å². The molecule has 0 aliphatic carbocycles. The number of nitrogens with zero attached hydrogens (tertiary/aromatic N) is 3. The molecule has 2 N–H and O–H groups in total. The maximum absolute atomic E-state index is 5.66. The first-order valence-electron chi connectivity index (χ1n) is 3.88. The highest BCUT2D eigenvalue weighted by Gasteiger charge is 2.03. The molecule has 0 aromatic carbocycles. The van der Waals surface area contributed by atoms with Crippen molar-refractivity contribution >= 4 is 16.9 Å². The molecule has 0 saturated heterocycles. The minimum Gasteiger partial charge on any atom is -0.383 e. The minimum atomic E-state index is 0.548. The molecule has 2 aromatic heterocycles. The lowest BCUT2D eigenvalue weighted by Gasteiger charge is -1.98. The van der Waals surface area contributed by atoms with Gasteiger partial charge in [-0.2, -0.15) is 0 Å². The van der Waals surface area contributed by atoms with Gasteiger partial charge in [-0.1, -0.05) is 0 Å². The van der Waals surface area contributed by atoms with Gasteiger partial charge >= 0.3 is 0 Å². The maximum Gasteiger partial charge on any atom is 0.145 e. The highest BCUT2D eigenvalue weighted by Crippen LogP contribution is 2.16. The average molecular weight is 162 g/mol. The predicted molar refractivity (Wildman–Crippen MR) is 47.6 cm³/mol. The lowest BCUT2D eigenvalue weighted by molar-refractivity contribution is 0.786. The molecule has 4 heteroatoms. The van der Waals surface area contributed by atoms with E-state index in [2.05, 4.69) is 16.9 Å². The first kappa shape index (κ1) is 7.09. The van der Waals surface area contributed by atoms with Gasteiger partial charge in [0.05, 0.1) is 5.39 Å². The van der Waals surface area contributed by atoms with E-state index in [0.717, 1.165) is 17.6 Å². The topological polar surface area (TPSA) is 56.7 Å². The van der Waals surface area contributed by atoms with Crippen molar-refractivity contribution < 1.29 is 0 Å². The van der Waals surface area contributed by atoms with Crippen molar-refractivity contribution in [2.45, 2.75) is 13.5 Å². The molecule has 0 spiro atoms. The van der Waals surface area contributed by atoms with Crippen molar-refractivity contribution in [3.8, 4) is 0 Å². The number of aryl methyl sites for hydroxylation is 1. The van der Waals surface area contributed by atoms with Crippen LogP contribution in [0.3, 0.4) is 0 Å². The van der Waals surface area contributed by atoms with Gasteiger partial charge in [0.15, 0.2) is 0 Å². The second-order valence-electron chi connectivity index (χ2n) is 2.60. The molecule has 0 atom stereocenters. The van der Waals surface area contributed by atoms with Gasteiger partial charge in [0.2, 0.25) is 0 Å². The number of nitrogen functional groups attached to an aromatic ring is 1. The Balaban J connectivity index is 2.80. The Labute approximate surface area is 70.0 Å². The van der Waals surface area contributed by atoms with Crippen LogP contribution in [0.1, 0.15) is 6.92 Å². The Morgan fingerprint density at radius 2 is 2.33 bits per heavy atom. The van der Waals surface area contributed by atoms with Gasteiger partial charge in [0, 0.05) is 12.7 Å². The Morgan fingerprint density at radius 1 is 1.50 bits per heavy atom. The van der Waals surface area contributed by atoms with Crippen molar-refractivity contribution in [3.63, 3.8) is 0 Å². The lowest BCUT2D eigenvalue weighted by atomic mass is 10.4. The number of hydrogen-bond acceptors (Lipinski definition) is 3. The first-order valence-corrected chi connectivity index (χ1v) is 3.88. The fourth-order valence-corrected chi connectivity index (χ4v) is 1.28. The third-order valence-corrected chi connectivity index (χ3v) is 1.93. The molecule has 0 aliphatic heterocycles. The lowest BCUT2D eigenvalue weighted by Crippen LogP contribution is -1.96. The fraction of sp³-hybridized carbons (Fsp3) is 0.250. The molecule has 0 unspecified atom stereocenters. The van der Waals surface area contributed by atoms with Crippen LogP contribution in [0.4, 0.5) is 5.82 Å². The number of anilines is 1. The van der Waals surface area contributed by atoms with Crippen LogP contribution in [0.2, 0.25) is 0 Å². The van der Waals surface area contributed by atoms with Crippen LogP contribution in [-0.4, -0.2) is 14.5 Å². The van der Waals surface area contributed by atoms with E-state index >= 15 is 0 Å². The molecule has 0 bridgehead atoms. The SMILES string of the molecule is CCn1ccc2c(N)ncnc21. The van der Waals surface area contributed by atoms with Gasteiger partial charge in [-0.25, -0.2) is 9.97 Å². The summed E-state index contributed by atoms with van der Waals surface area (Å²) in [5.41, 5.74) is 6.57. The molecular formula is C8H10N4. The van der Waals surface area contributed by atoms with Crippen LogP contribution in [0.5, 0.6) is 0 Å². The number of aromatic nitrogens is 3. The molecule has 62 valence electrons. The third-order valence-electron chi connectivity index (χ3n) is 1.93. The normalized spacial score (nSPS) is 10.8. The number of rotatable bonds is 1. The van der Waals surface area contributed by atoms with Gasteiger partial charge < -0.3 is 10.3 Å². The molecule has 2 aromatic rings. The van der Waals surface area contributed by atoms with Crippen molar-refractivity contribution in [2.75, 3.05) is 5.73 Å². The molecule has 0 fully saturated rings. The maximum atomic E-state index is 5.66. The molecule has 0 saturated carbocycles. The molecule has 0 aliphatic rings. The Kier molecular flexibility index (Phi) is 1.46. The summed E-state index contributed by atoms with van der Waals surface area (Å²) in [4.78, 5) is 8.05. The van der Waals surface area contributed by atoms with E-state index in [-0.39, 0.29) is 0 Å². The van der Waals surface area contributed by atoms with Crippen LogP contribution in [0, 0.1) is 0 Å². The minimum absolute atomic E-state index is 0.548. The molecule has 0 radical (unpaired) electrons. The van der Waals surface area contributed by atoms with E-state index in [9.17, 15) is 0 Å². The molecular weight excluding hydrogens is 152 g/mol. The number of hydrogen-bond donors (Lipinski definition) is 1. The molecule has 0 amide bonds. The largest absolute Gasteiger partial charge is 0.383 e. The van der Waals surface area contributed by atoms with Gasteiger partial charge in [-0.05, 0) is 13.0 Å². The van der Waals surface area contributed by atoms with E-state index in [1.54, 1.807) is 0 Å². The van der Waals surface area contributed by atoms with E-state index in [4.69, 9.17) is 5.73 Å². The predicted octanol–water partition coefficient (Wildman–Crippen LogP) is 1.03. The molecule has 2 heterocycles. The molecule has 2 rings (SSSR count). The Morgan fingerprint density at radius 3 is 3.08 bits per heavy atom. The van der Waals surface area contributed by atoms with Crippen LogP contribution >= 0.6 is 0 Å². The summed E-state index contributed by atoms with van der Waals surface area (Å²) in [7, 11) is 0. The van der Waals surface area contributed by atoms with E-state index in [1.807, 2.05) is 16.8 Å². The molecule has 4 nitrogen and oxygen atoms in total. The first-order chi connectivity index (χ1) is 5.83. The summed E-state index contributed by atoms with van der Waals surface area (Å²) >= 11 is 0. The smallest absolute Gasteiger partial charge is 0.145 e. The van der Waals surface area contributed by atoms with Gasteiger partial charge in [0.1, 0.15) is 17.8 Å². The van der Waals surface area contributed by atoms with E-state index < -0.39 is 0 Å². The average Bonchev–Trinajstić information content (AvgIpc) is 2.49. The zero-order chi connectivity index (χ0) is 8.55. The quantitative estimate of drug-likeness (QED) is 0.681. The second-order valence-corrected chi connectivity index (χ2v) is 2.60. The highest BCUT2D eigenvalue weighted by molar-refractivity contribution is 5.85. The van der Waals surface area contributed by atoms with E-state index in [0.29, 0.717) is 5.82 Å². The van der Waals surface area contributed by atoms with Crippen molar-refractivity contribution in [1.29, 1.82) is 0 Å². The van der Waals surface area contributed by atoms with Crippen molar-refractivity contribution in [1.82, 2.24) is 14.5 Å². The summed E-state index contributed by atoms with van der Waals surface area (Å²) in [5, 5.41) is 0.930. The third kappa shape index (κ3) is 0.845. The molecule has 12 heavy (non-hydrogen) atoms. The summed E-state index contributed by atoms with van der Waals surface area (Å²) in [6.07, 6.45) is 3.46. The van der Waals surface area contributed by atoms with E-state index in [1.165, 1.54) is 6.33 Å². The summed E-state index contributed by atoms with van der Waals surface area (Å²) in [6, 6.07) is 1.94. The number of fused-ring (bicyclic) bond motifs is 1.